The molecule has 0 spiro atoms. The van der Waals surface area contributed by atoms with Crippen LogP contribution in [0.3, 0.4) is 0 Å². The number of anilines is 1. The maximum Gasteiger partial charge on any atom is 0.253 e. The predicted molar refractivity (Wildman–Crippen MR) is 110 cm³/mol. The number of nitrogens with one attached hydrogen (secondary N) is 1. The summed E-state index contributed by atoms with van der Waals surface area (Å²) in [4.78, 5) is 12.9. The summed E-state index contributed by atoms with van der Waals surface area (Å²) < 4.78 is 35.5. The van der Waals surface area contributed by atoms with Crippen molar-refractivity contribution in [2.24, 2.45) is 0 Å². The number of carbonyl (C=O) groups is 1. The van der Waals surface area contributed by atoms with Crippen LogP contribution in [0.4, 0.5) is 5.69 Å². The van der Waals surface area contributed by atoms with Gasteiger partial charge in [0, 0.05) is 7.05 Å². The van der Waals surface area contributed by atoms with Crippen molar-refractivity contribution in [2.45, 2.75) is 19.4 Å². The topological polar surface area (TPSA) is 84.9 Å². The van der Waals surface area contributed by atoms with Crippen LogP contribution in [0.5, 0.6) is 11.5 Å². The molecule has 0 aromatic heterocycles. The SMILES string of the molecule is CCC(NC(=O)c1ccccc1N(C)S(C)(=O)=O)c1ccc(OC)c(OC)c1. The van der Waals surface area contributed by atoms with E-state index >= 15 is 0 Å². The maximum absolute atomic E-state index is 12.9. The molecular formula is C20H26N2O5S. The standard InChI is InChI=1S/C20H26N2O5S/c1-6-16(14-11-12-18(26-3)19(13-14)27-4)21-20(23)15-9-7-8-10-17(15)22(2)28(5,24)25/h7-13,16H,6H2,1-5H3,(H,21,23). The lowest BCUT2D eigenvalue weighted by Gasteiger charge is -2.22. The molecule has 0 fully saturated rings. The molecule has 0 saturated carbocycles. The molecule has 152 valence electrons. The fourth-order valence-electron chi connectivity index (χ4n) is 2.85. The lowest BCUT2D eigenvalue weighted by molar-refractivity contribution is 0.0936. The Morgan fingerprint density at radius 3 is 2.32 bits per heavy atom. The molecule has 0 saturated heterocycles. The Bertz CT molecular complexity index is 943. The smallest absolute Gasteiger partial charge is 0.253 e. The Hall–Kier alpha value is -2.74. The highest BCUT2D eigenvalue weighted by molar-refractivity contribution is 7.92. The number of para-hydroxylation sites is 1. The van der Waals surface area contributed by atoms with Crippen LogP contribution in [-0.4, -0.2) is 41.8 Å². The molecule has 0 aliphatic rings. The molecular weight excluding hydrogens is 380 g/mol. The lowest BCUT2D eigenvalue weighted by Crippen LogP contribution is -2.32. The first-order chi connectivity index (χ1) is 13.2. The summed E-state index contributed by atoms with van der Waals surface area (Å²) in [6.07, 6.45) is 1.74. The molecule has 0 bridgehead atoms. The van der Waals surface area contributed by atoms with Gasteiger partial charge in [-0.3, -0.25) is 9.10 Å². The highest BCUT2D eigenvalue weighted by Gasteiger charge is 2.22. The van der Waals surface area contributed by atoms with Crippen molar-refractivity contribution in [1.82, 2.24) is 5.32 Å². The zero-order valence-electron chi connectivity index (χ0n) is 16.7. The summed E-state index contributed by atoms with van der Waals surface area (Å²) in [5, 5.41) is 2.98. The third kappa shape index (κ3) is 4.75. The van der Waals surface area contributed by atoms with E-state index in [1.807, 2.05) is 19.1 Å². The molecule has 1 atom stereocenters. The number of ether oxygens (including phenoxy) is 2. The highest BCUT2D eigenvalue weighted by atomic mass is 32.2. The number of benzene rings is 2. The van der Waals surface area contributed by atoms with Crippen molar-refractivity contribution < 1.29 is 22.7 Å². The van der Waals surface area contributed by atoms with Crippen LogP contribution in [0.1, 0.15) is 35.3 Å². The molecule has 2 rings (SSSR count). The Morgan fingerprint density at radius 1 is 1.11 bits per heavy atom. The van der Waals surface area contributed by atoms with E-state index in [0.29, 0.717) is 23.6 Å². The zero-order chi connectivity index (χ0) is 20.9. The van der Waals surface area contributed by atoms with E-state index in [9.17, 15) is 13.2 Å². The van der Waals surface area contributed by atoms with Gasteiger partial charge in [-0.2, -0.15) is 0 Å². The van der Waals surface area contributed by atoms with Crippen LogP contribution >= 0.6 is 0 Å². The number of hydrogen-bond acceptors (Lipinski definition) is 5. The fraction of sp³-hybridized carbons (Fsp3) is 0.350. The largest absolute Gasteiger partial charge is 0.493 e. The Labute approximate surface area is 166 Å². The molecule has 2 aromatic rings. The van der Waals surface area contributed by atoms with Gasteiger partial charge in [-0.25, -0.2) is 8.42 Å². The molecule has 2 aromatic carbocycles. The van der Waals surface area contributed by atoms with Crippen molar-refractivity contribution >= 4 is 21.6 Å². The number of carbonyl (C=O) groups excluding carboxylic acids is 1. The Kier molecular flexibility index (Phi) is 6.90. The van der Waals surface area contributed by atoms with Crippen molar-refractivity contribution in [1.29, 1.82) is 0 Å². The van der Waals surface area contributed by atoms with Gasteiger partial charge in [0.25, 0.3) is 5.91 Å². The average molecular weight is 407 g/mol. The maximum atomic E-state index is 12.9. The molecule has 1 N–H and O–H groups in total. The monoisotopic (exact) mass is 406 g/mol. The summed E-state index contributed by atoms with van der Waals surface area (Å²) in [6, 6.07) is 11.8. The van der Waals surface area contributed by atoms with Gasteiger partial charge in [-0.1, -0.05) is 25.1 Å². The lowest BCUT2D eigenvalue weighted by atomic mass is 10.0. The number of hydrogen-bond donors (Lipinski definition) is 1. The van der Waals surface area contributed by atoms with Gasteiger partial charge in [0.05, 0.1) is 37.8 Å². The number of methoxy groups -OCH3 is 2. The van der Waals surface area contributed by atoms with E-state index in [-0.39, 0.29) is 17.5 Å². The molecule has 1 amide bonds. The molecule has 0 radical (unpaired) electrons. The summed E-state index contributed by atoms with van der Waals surface area (Å²) in [6.45, 7) is 1.95. The van der Waals surface area contributed by atoms with Crippen LogP contribution in [0.25, 0.3) is 0 Å². The van der Waals surface area contributed by atoms with Gasteiger partial charge in [0.2, 0.25) is 10.0 Å². The van der Waals surface area contributed by atoms with Gasteiger partial charge >= 0.3 is 0 Å². The Balaban J connectivity index is 2.34. The normalized spacial score (nSPS) is 12.2. The summed E-state index contributed by atoms with van der Waals surface area (Å²) >= 11 is 0. The van der Waals surface area contributed by atoms with Crippen LogP contribution in [0, 0.1) is 0 Å². The van der Waals surface area contributed by atoms with Gasteiger partial charge < -0.3 is 14.8 Å². The fourth-order valence-corrected chi connectivity index (χ4v) is 3.36. The van der Waals surface area contributed by atoms with E-state index in [2.05, 4.69) is 5.32 Å². The summed E-state index contributed by atoms with van der Waals surface area (Å²) in [7, 11) is 1.05. The molecule has 28 heavy (non-hydrogen) atoms. The van der Waals surface area contributed by atoms with Crippen molar-refractivity contribution in [3.8, 4) is 11.5 Å². The minimum absolute atomic E-state index is 0.274. The van der Waals surface area contributed by atoms with E-state index < -0.39 is 10.0 Å². The van der Waals surface area contributed by atoms with E-state index in [1.165, 1.54) is 7.05 Å². The van der Waals surface area contributed by atoms with Gasteiger partial charge in [-0.15, -0.1) is 0 Å². The highest BCUT2D eigenvalue weighted by Crippen LogP contribution is 2.31. The van der Waals surface area contributed by atoms with Gasteiger partial charge in [0.15, 0.2) is 11.5 Å². The molecule has 7 nitrogen and oxygen atoms in total. The van der Waals surface area contributed by atoms with Crippen LogP contribution < -0.4 is 19.1 Å². The summed E-state index contributed by atoms with van der Waals surface area (Å²) in [5.41, 5.74) is 1.47. The second-order valence-electron chi connectivity index (χ2n) is 6.30. The molecule has 1 unspecified atom stereocenters. The summed E-state index contributed by atoms with van der Waals surface area (Å²) in [5.74, 6) is 0.824. The van der Waals surface area contributed by atoms with E-state index in [0.717, 1.165) is 16.1 Å². The first-order valence-corrected chi connectivity index (χ1v) is 10.6. The predicted octanol–water partition coefficient (Wildman–Crippen LogP) is 2.98. The van der Waals surface area contributed by atoms with Crippen molar-refractivity contribution in [3.63, 3.8) is 0 Å². The minimum atomic E-state index is -3.49. The Morgan fingerprint density at radius 2 is 1.75 bits per heavy atom. The third-order valence-corrected chi connectivity index (χ3v) is 5.70. The number of sulfonamides is 1. The van der Waals surface area contributed by atoms with E-state index in [1.54, 1.807) is 44.6 Å². The number of nitrogens with zero attached hydrogens (tertiary/aromatic N) is 1. The van der Waals surface area contributed by atoms with E-state index in [4.69, 9.17) is 9.47 Å². The minimum Gasteiger partial charge on any atom is -0.493 e. The first-order valence-electron chi connectivity index (χ1n) is 8.78. The number of rotatable bonds is 8. The van der Waals surface area contributed by atoms with Crippen LogP contribution in [-0.2, 0) is 10.0 Å². The average Bonchev–Trinajstić information content (AvgIpc) is 2.69. The van der Waals surface area contributed by atoms with Gasteiger partial charge in [0.1, 0.15) is 0 Å². The second kappa shape index (κ2) is 8.97. The van der Waals surface area contributed by atoms with Gasteiger partial charge in [-0.05, 0) is 36.2 Å². The molecule has 0 aliphatic heterocycles. The number of amides is 1. The third-order valence-electron chi connectivity index (χ3n) is 4.51. The quantitative estimate of drug-likeness (QED) is 0.728. The van der Waals surface area contributed by atoms with Crippen molar-refractivity contribution in [3.05, 3.63) is 53.6 Å². The molecule has 8 heteroatoms. The van der Waals surface area contributed by atoms with Crippen LogP contribution in [0.15, 0.2) is 42.5 Å². The molecule has 0 aliphatic carbocycles. The first kappa shape index (κ1) is 21.6. The molecule has 0 heterocycles. The second-order valence-corrected chi connectivity index (χ2v) is 8.31. The van der Waals surface area contributed by atoms with Crippen LogP contribution in [0.2, 0.25) is 0 Å². The zero-order valence-corrected chi connectivity index (χ0v) is 17.5. The van der Waals surface area contributed by atoms with Crippen molar-refractivity contribution in [2.75, 3.05) is 31.8 Å².